The van der Waals surface area contributed by atoms with Gasteiger partial charge in [0.05, 0.1) is 6.10 Å². The van der Waals surface area contributed by atoms with Gasteiger partial charge in [-0.25, -0.2) is 4.39 Å². The monoisotopic (exact) mass is 462 g/mol. The van der Waals surface area contributed by atoms with Gasteiger partial charge >= 0.3 is 5.97 Å². The van der Waals surface area contributed by atoms with E-state index in [4.69, 9.17) is 4.74 Å². The minimum atomic E-state index is -2.01. The standard InChI is InChI=1S/C26H35FO6/c1-5-6-22(31)33-14-21(30)26(32)15(2)11-19-18-8-7-16-12-17(28)9-10-23(16,3)25(18,27)20(29)13-24(19,26)4/h9-10,12,15,18-20,29,32H,5-8,11,13-14H2,1-4H3/t15-,18?,19?,20-,23-,24-,25-,26-/m0/s1. The Morgan fingerprint density at radius 2 is 1.97 bits per heavy atom. The molecule has 0 amide bonds. The van der Waals surface area contributed by atoms with Crippen LogP contribution >= 0.6 is 0 Å². The highest BCUT2D eigenvalue weighted by molar-refractivity contribution is 6.01. The van der Waals surface area contributed by atoms with Gasteiger partial charge in [0, 0.05) is 23.2 Å². The van der Waals surface area contributed by atoms with Gasteiger partial charge in [-0.1, -0.05) is 32.4 Å². The van der Waals surface area contributed by atoms with Crippen LogP contribution in [0.2, 0.25) is 0 Å². The maximum Gasteiger partial charge on any atom is 0.306 e. The quantitative estimate of drug-likeness (QED) is 0.609. The van der Waals surface area contributed by atoms with Gasteiger partial charge in [0.2, 0.25) is 5.78 Å². The average molecular weight is 463 g/mol. The van der Waals surface area contributed by atoms with Crippen LogP contribution in [-0.4, -0.2) is 51.7 Å². The van der Waals surface area contributed by atoms with Crippen molar-refractivity contribution in [2.24, 2.45) is 28.6 Å². The lowest BCUT2D eigenvalue weighted by atomic mass is 9.44. The number of hydrogen-bond donors (Lipinski definition) is 2. The Labute approximate surface area is 194 Å². The predicted octanol–water partition coefficient (Wildman–Crippen LogP) is 3.25. The van der Waals surface area contributed by atoms with Crippen LogP contribution < -0.4 is 0 Å². The Morgan fingerprint density at radius 3 is 2.64 bits per heavy atom. The van der Waals surface area contributed by atoms with Gasteiger partial charge in [-0.15, -0.1) is 0 Å². The number of carbonyl (C=O) groups excluding carboxylic acids is 3. The van der Waals surface area contributed by atoms with Crippen molar-refractivity contribution in [3.05, 3.63) is 23.8 Å². The Hall–Kier alpha value is -1.86. The van der Waals surface area contributed by atoms with Gasteiger partial charge in [-0.05, 0) is 63.0 Å². The van der Waals surface area contributed by atoms with Crippen LogP contribution in [0.3, 0.4) is 0 Å². The van der Waals surface area contributed by atoms with E-state index < -0.39 is 58.4 Å². The molecule has 0 aromatic heterocycles. The molecule has 0 heterocycles. The zero-order valence-electron chi connectivity index (χ0n) is 19.9. The fourth-order valence-corrected chi connectivity index (χ4v) is 7.67. The molecule has 0 aliphatic heterocycles. The van der Waals surface area contributed by atoms with E-state index >= 15 is 4.39 Å². The maximum atomic E-state index is 17.1. The van der Waals surface area contributed by atoms with Gasteiger partial charge in [-0.2, -0.15) is 0 Å². The molecule has 0 spiro atoms. The second-order valence-electron chi connectivity index (χ2n) is 11.0. The Balaban J connectivity index is 1.69. The number of allylic oxidation sites excluding steroid dienone is 4. The molecule has 0 radical (unpaired) electrons. The van der Waals surface area contributed by atoms with Crippen LogP contribution in [0.15, 0.2) is 23.8 Å². The van der Waals surface area contributed by atoms with Crippen molar-refractivity contribution >= 4 is 17.5 Å². The summed E-state index contributed by atoms with van der Waals surface area (Å²) in [6.07, 6.45) is 5.10. The first-order chi connectivity index (χ1) is 15.4. The summed E-state index contributed by atoms with van der Waals surface area (Å²) >= 11 is 0. The van der Waals surface area contributed by atoms with E-state index in [2.05, 4.69) is 0 Å². The second-order valence-corrected chi connectivity index (χ2v) is 11.0. The Morgan fingerprint density at radius 1 is 1.27 bits per heavy atom. The molecule has 0 aromatic rings. The Bertz CT molecular complexity index is 941. The van der Waals surface area contributed by atoms with Crippen LogP contribution in [-0.2, 0) is 19.1 Å². The fraction of sp³-hybridized carbons (Fsp3) is 0.731. The Kier molecular flexibility index (Phi) is 5.77. The summed E-state index contributed by atoms with van der Waals surface area (Å²) in [5.74, 6) is -2.66. The largest absolute Gasteiger partial charge is 0.458 e. The summed E-state index contributed by atoms with van der Waals surface area (Å²) in [6.45, 7) is 6.58. The van der Waals surface area contributed by atoms with Crippen molar-refractivity contribution in [1.29, 1.82) is 0 Å². The third-order valence-electron chi connectivity index (χ3n) is 9.47. The number of alkyl halides is 1. The summed E-state index contributed by atoms with van der Waals surface area (Å²) in [7, 11) is 0. The number of ether oxygens (including phenoxy) is 1. The second kappa shape index (κ2) is 7.84. The first-order valence-electron chi connectivity index (χ1n) is 12.1. The number of halogens is 1. The summed E-state index contributed by atoms with van der Waals surface area (Å²) in [5, 5.41) is 23.1. The minimum Gasteiger partial charge on any atom is -0.458 e. The fourth-order valence-electron chi connectivity index (χ4n) is 7.67. The number of carbonyl (C=O) groups is 3. The average Bonchev–Trinajstić information content (AvgIpc) is 2.95. The number of esters is 1. The molecule has 0 saturated heterocycles. The van der Waals surface area contributed by atoms with Crippen molar-refractivity contribution in [2.75, 3.05) is 6.61 Å². The molecular weight excluding hydrogens is 427 g/mol. The van der Waals surface area contributed by atoms with E-state index in [1.165, 1.54) is 12.2 Å². The topological polar surface area (TPSA) is 101 Å². The van der Waals surface area contributed by atoms with Gasteiger partial charge in [0.1, 0.15) is 5.60 Å². The number of fused-ring (bicyclic) bond motifs is 5. The van der Waals surface area contributed by atoms with E-state index in [-0.39, 0.29) is 24.5 Å². The van der Waals surface area contributed by atoms with Crippen molar-refractivity contribution in [2.45, 2.75) is 83.6 Å². The number of Topliss-reactive ketones (excluding diaryl/α,β-unsaturated/α-hetero) is 1. The van der Waals surface area contributed by atoms with Gasteiger partial charge in [0.25, 0.3) is 0 Å². The van der Waals surface area contributed by atoms with Crippen LogP contribution in [0, 0.1) is 28.6 Å². The predicted molar refractivity (Wildman–Crippen MR) is 119 cm³/mol. The van der Waals surface area contributed by atoms with Gasteiger partial charge in [0.15, 0.2) is 18.1 Å². The van der Waals surface area contributed by atoms with E-state index in [0.29, 0.717) is 31.3 Å². The summed E-state index contributed by atoms with van der Waals surface area (Å²) in [6, 6.07) is 0. The number of aliphatic hydroxyl groups excluding tert-OH is 1. The highest BCUT2D eigenvalue weighted by atomic mass is 19.1. The summed E-state index contributed by atoms with van der Waals surface area (Å²) in [5.41, 5.74) is -5.33. The molecule has 3 fully saturated rings. The van der Waals surface area contributed by atoms with Crippen molar-refractivity contribution in [3.8, 4) is 0 Å². The molecule has 0 aromatic carbocycles. The molecule has 2 unspecified atom stereocenters. The first kappa shape index (κ1) is 24.3. The number of rotatable bonds is 5. The number of hydrogen-bond acceptors (Lipinski definition) is 6. The lowest BCUT2D eigenvalue weighted by Gasteiger charge is -2.62. The number of ketones is 2. The zero-order valence-corrected chi connectivity index (χ0v) is 19.9. The molecule has 3 saturated carbocycles. The van der Waals surface area contributed by atoms with E-state index in [9.17, 15) is 24.6 Å². The molecular formula is C26H35FO6. The molecule has 182 valence electrons. The summed E-state index contributed by atoms with van der Waals surface area (Å²) in [4.78, 5) is 37.0. The molecule has 8 atom stereocenters. The summed E-state index contributed by atoms with van der Waals surface area (Å²) < 4.78 is 22.2. The van der Waals surface area contributed by atoms with Crippen LogP contribution in [0.4, 0.5) is 4.39 Å². The molecule has 4 rings (SSSR count). The smallest absolute Gasteiger partial charge is 0.306 e. The van der Waals surface area contributed by atoms with E-state index in [0.717, 1.165) is 0 Å². The third-order valence-corrected chi connectivity index (χ3v) is 9.47. The molecule has 0 bridgehead atoms. The highest BCUT2D eigenvalue weighted by Crippen LogP contribution is 2.70. The SMILES string of the molecule is CCCC(=O)OCC(=O)[C@@]1(O)[C@@H](C)CC2C3CCC4=CC(=O)C=C[C@]4(C)[C@@]3(F)[C@@H](O)C[C@@]21C. The first-order valence-corrected chi connectivity index (χ1v) is 12.1. The minimum absolute atomic E-state index is 0.0925. The molecule has 6 nitrogen and oxygen atoms in total. The van der Waals surface area contributed by atoms with Crippen molar-refractivity contribution in [1.82, 2.24) is 0 Å². The molecule has 7 heteroatoms. The maximum absolute atomic E-state index is 17.1. The molecule has 4 aliphatic rings. The lowest BCUT2D eigenvalue weighted by Crippen LogP contribution is -2.69. The molecule has 4 aliphatic carbocycles. The highest BCUT2D eigenvalue weighted by Gasteiger charge is 2.75. The van der Waals surface area contributed by atoms with Crippen molar-refractivity contribution in [3.63, 3.8) is 0 Å². The van der Waals surface area contributed by atoms with E-state index in [1.54, 1.807) is 26.8 Å². The zero-order chi connectivity index (χ0) is 24.4. The third kappa shape index (κ3) is 3.07. The van der Waals surface area contributed by atoms with Crippen molar-refractivity contribution < 1.29 is 33.7 Å². The van der Waals surface area contributed by atoms with Crippen LogP contribution in [0.5, 0.6) is 0 Å². The van der Waals surface area contributed by atoms with E-state index in [1.807, 2.05) is 6.92 Å². The van der Waals surface area contributed by atoms with Gasteiger partial charge in [-0.3, -0.25) is 14.4 Å². The molecule has 2 N–H and O–H groups in total. The number of aliphatic hydroxyl groups is 2. The lowest BCUT2D eigenvalue weighted by molar-refractivity contribution is -0.220. The van der Waals surface area contributed by atoms with Crippen LogP contribution in [0.1, 0.15) is 66.2 Å². The normalized spacial score (nSPS) is 46.2. The van der Waals surface area contributed by atoms with Gasteiger partial charge < -0.3 is 14.9 Å². The molecule has 33 heavy (non-hydrogen) atoms. The van der Waals surface area contributed by atoms with Crippen LogP contribution in [0.25, 0.3) is 0 Å².